The largest absolute Gasteiger partial charge is 0.488 e. The molecule has 1 rings (SSSR count). The number of hydrogen-bond acceptors (Lipinski definition) is 3. The monoisotopic (exact) mass is 280 g/mol. The fourth-order valence-corrected chi connectivity index (χ4v) is 3.16. The van der Waals surface area contributed by atoms with Crippen LogP contribution in [0.3, 0.4) is 0 Å². The molecule has 0 amide bonds. The molecule has 0 aliphatic heterocycles. The minimum atomic E-state index is -1.87. The van der Waals surface area contributed by atoms with E-state index >= 15 is 0 Å². The molecule has 106 valence electrons. The lowest BCUT2D eigenvalue weighted by Crippen LogP contribution is -2.43. The summed E-state index contributed by atoms with van der Waals surface area (Å²) in [5.41, 5.74) is 1.37. The highest BCUT2D eigenvalue weighted by atomic mass is 28.4. The molecule has 3 nitrogen and oxygen atoms in total. The maximum absolute atomic E-state index is 9.42. The zero-order chi connectivity index (χ0) is 14.8. The molecule has 1 unspecified atom stereocenters. The topological polar surface area (TPSA) is 49.7 Å². The van der Waals surface area contributed by atoms with Crippen molar-refractivity contribution in [3.63, 3.8) is 0 Å². The predicted molar refractivity (Wildman–Crippen MR) is 83.0 cm³/mol. The Morgan fingerprint density at radius 2 is 1.68 bits per heavy atom. The Labute approximate surface area is 117 Å². The van der Waals surface area contributed by atoms with Gasteiger partial charge in [-0.2, -0.15) is 0 Å². The second kappa shape index (κ2) is 5.79. The van der Waals surface area contributed by atoms with E-state index in [0.717, 1.165) is 5.56 Å². The summed E-state index contributed by atoms with van der Waals surface area (Å²) in [5.74, 6) is 0. The van der Waals surface area contributed by atoms with Crippen LogP contribution in [0, 0.1) is 0 Å². The van der Waals surface area contributed by atoms with Gasteiger partial charge in [-0.05, 0) is 36.1 Å². The molecule has 1 aromatic carbocycles. The van der Waals surface area contributed by atoms with Crippen LogP contribution in [0.5, 0.6) is 0 Å². The van der Waals surface area contributed by atoms with E-state index in [2.05, 4.69) is 33.9 Å². The standard InChI is InChI=1S/C14H25BO3Si/c1-11(18-19(5,6)14(2,3)4)12-9-7-8-10-13(12)15(16)17/h7-11,16-17H,1-6H3. The van der Waals surface area contributed by atoms with E-state index in [-0.39, 0.29) is 11.1 Å². The molecule has 0 bridgehead atoms. The molecule has 0 saturated carbocycles. The third-order valence-electron chi connectivity index (χ3n) is 3.99. The summed E-state index contributed by atoms with van der Waals surface area (Å²) < 4.78 is 6.30. The van der Waals surface area contributed by atoms with Crippen LogP contribution in [-0.4, -0.2) is 25.5 Å². The Balaban J connectivity index is 2.99. The minimum Gasteiger partial charge on any atom is -0.423 e. The van der Waals surface area contributed by atoms with E-state index in [0.29, 0.717) is 5.46 Å². The lowest BCUT2D eigenvalue weighted by Gasteiger charge is -2.38. The zero-order valence-corrected chi connectivity index (χ0v) is 13.8. The normalized spacial score (nSPS) is 14.3. The molecule has 0 fully saturated rings. The first kappa shape index (κ1) is 16.4. The van der Waals surface area contributed by atoms with Crippen molar-refractivity contribution in [3.8, 4) is 0 Å². The molecule has 0 saturated heterocycles. The Hall–Kier alpha value is -0.618. The summed E-state index contributed by atoms with van der Waals surface area (Å²) in [5, 5.41) is 19.0. The molecule has 0 radical (unpaired) electrons. The van der Waals surface area contributed by atoms with E-state index in [1.807, 2.05) is 19.1 Å². The molecule has 0 heterocycles. The third-order valence-corrected chi connectivity index (χ3v) is 8.54. The molecule has 0 aromatic heterocycles. The first-order chi connectivity index (χ1) is 8.56. The minimum absolute atomic E-state index is 0.133. The number of benzene rings is 1. The van der Waals surface area contributed by atoms with Crippen LogP contribution in [0.4, 0.5) is 0 Å². The van der Waals surface area contributed by atoms with Crippen molar-refractivity contribution >= 4 is 20.9 Å². The van der Waals surface area contributed by atoms with Gasteiger partial charge in [-0.25, -0.2) is 0 Å². The fourth-order valence-electron chi connectivity index (χ4n) is 1.80. The molecule has 0 spiro atoms. The smallest absolute Gasteiger partial charge is 0.423 e. The van der Waals surface area contributed by atoms with Crippen LogP contribution in [-0.2, 0) is 4.43 Å². The van der Waals surface area contributed by atoms with Gasteiger partial charge in [0, 0.05) is 0 Å². The first-order valence-corrected chi connectivity index (χ1v) is 9.60. The van der Waals surface area contributed by atoms with Gasteiger partial charge in [-0.1, -0.05) is 45.0 Å². The maximum Gasteiger partial charge on any atom is 0.488 e. The number of rotatable bonds is 4. The average molecular weight is 280 g/mol. The summed E-state index contributed by atoms with van der Waals surface area (Å²) in [6, 6.07) is 7.32. The molecule has 0 aliphatic carbocycles. The second-order valence-corrected chi connectivity index (χ2v) is 11.3. The van der Waals surface area contributed by atoms with Gasteiger partial charge in [-0.15, -0.1) is 0 Å². The van der Waals surface area contributed by atoms with E-state index in [1.54, 1.807) is 12.1 Å². The van der Waals surface area contributed by atoms with Gasteiger partial charge in [-0.3, -0.25) is 0 Å². The molecule has 2 N–H and O–H groups in total. The molecule has 1 aromatic rings. The lowest BCUT2D eigenvalue weighted by atomic mass is 9.76. The van der Waals surface area contributed by atoms with Crippen molar-refractivity contribution < 1.29 is 14.5 Å². The van der Waals surface area contributed by atoms with E-state index in [4.69, 9.17) is 4.43 Å². The summed E-state index contributed by atoms with van der Waals surface area (Å²) in [7, 11) is -3.33. The van der Waals surface area contributed by atoms with Gasteiger partial charge >= 0.3 is 7.12 Å². The van der Waals surface area contributed by atoms with E-state index < -0.39 is 15.4 Å². The average Bonchev–Trinajstić information content (AvgIpc) is 2.26. The highest BCUT2D eigenvalue weighted by molar-refractivity contribution is 6.74. The quantitative estimate of drug-likeness (QED) is 0.833. The SMILES string of the molecule is CC(O[Si](C)(C)C(C)(C)C)c1ccccc1B(O)O. The zero-order valence-electron chi connectivity index (χ0n) is 12.8. The van der Waals surface area contributed by atoms with Crippen molar-refractivity contribution in [2.75, 3.05) is 0 Å². The molecule has 19 heavy (non-hydrogen) atoms. The summed E-state index contributed by atoms with van der Waals surface area (Å²) in [4.78, 5) is 0. The van der Waals surface area contributed by atoms with Crippen molar-refractivity contribution in [1.29, 1.82) is 0 Å². The van der Waals surface area contributed by atoms with Crippen LogP contribution in [0.15, 0.2) is 24.3 Å². The summed E-state index contributed by atoms with van der Waals surface area (Å²) in [6.45, 7) is 12.9. The van der Waals surface area contributed by atoms with E-state index in [9.17, 15) is 10.0 Å². The molecular weight excluding hydrogens is 255 g/mol. The van der Waals surface area contributed by atoms with Crippen LogP contribution in [0.25, 0.3) is 0 Å². The van der Waals surface area contributed by atoms with Crippen LogP contribution < -0.4 is 5.46 Å². The molecule has 0 aliphatic rings. The van der Waals surface area contributed by atoms with Crippen molar-refractivity contribution in [2.45, 2.75) is 51.9 Å². The van der Waals surface area contributed by atoms with Gasteiger partial charge in [0.15, 0.2) is 8.32 Å². The van der Waals surface area contributed by atoms with Crippen molar-refractivity contribution in [1.82, 2.24) is 0 Å². The van der Waals surface area contributed by atoms with Crippen LogP contribution in [0.2, 0.25) is 18.1 Å². The molecular formula is C14H25BO3Si. The van der Waals surface area contributed by atoms with Gasteiger partial charge < -0.3 is 14.5 Å². The highest BCUT2D eigenvalue weighted by Gasteiger charge is 2.39. The maximum atomic E-state index is 9.42. The fraction of sp³-hybridized carbons (Fsp3) is 0.571. The van der Waals surface area contributed by atoms with Crippen molar-refractivity contribution in [3.05, 3.63) is 29.8 Å². The second-order valence-electron chi connectivity index (χ2n) is 6.52. The Morgan fingerprint density at radius 3 is 2.16 bits per heavy atom. The number of hydrogen-bond donors (Lipinski definition) is 2. The Kier molecular flexibility index (Phi) is 5.01. The Morgan fingerprint density at radius 1 is 1.16 bits per heavy atom. The van der Waals surface area contributed by atoms with Gasteiger partial charge in [0.1, 0.15) is 0 Å². The molecule has 5 heteroatoms. The van der Waals surface area contributed by atoms with Gasteiger partial charge in [0.05, 0.1) is 6.10 Å². The summed E-state index contributed by atoms with van der Waals surface area (Å²) in [6.07, 6.45) is -0.140. The van der Waals surface area contributed by atoms with Gasteiger partial charge in [0.2, 0.25) is 0 Å². The predicted octanol–water partition coefficient (Wildman–Crippen LogP) is 2.45. The Bertz CT molecular complexity index is 427. The third kappa shape index (κ3) is 3.92. The summed E-state index contributed by atoms with van der Waals surface area (Å²) >= 11 is 0. The molecule has 1 atom stereocenters. The first-order valence-electron chi connectivity index (χ1n) is 6.69. The van der Waals surface area contributed by atoms with Crippen LogP contribution >= 0.6 is 0 Å². The highest BCUT2D eigenvalue weighted by Crippen LogP contribution is 2.39. The van der Waals surface area contributed by atoms with Crippen molar-refractivity contribution in [2.24, 2.45) is 0 Å². The van der Waals surface area contributed by atoms with Gasteiger partial charge in [0.25, 0.3) is 0 Å². The van der Waals surface area contributed by atoms with E-state index in [1.165, 1.54) is 0 Å². The lowest BCUT2D eigenvalue weighted by molar-refractivity contribution is 0.203. The van der Waals surface area contributed by atoms with Crippen LogP contribution in [0.1, 0.15) is 39.4 Å².